The summed E-state index contributed by atoms with van der Waals surface area (Å²) in [7, 11) is 0. The van der Waals surface area contributed by atoms with Crippen LogP contribution < -0.4 is 0 Å². The minimum Gasteiger partial charge on any atom is -0.243 e. The molecule has 0 aliphatic carbocycles. The van der Waals surface area contributed by atoms with Crippen LogP contribution in [0.15, 0.2) is 48.9 Å². The van der Waals surface area contributed by atoms with Crippen LogP contribution in [0, 0.1) is 0 Å². The van der Waals surface area contributed by atoms with Gasteiger partial charge in [-0.25, -0.2) is 19.6 Å². The standard InChI is InChI=1S/C17H10ClF3N6/c18-16-23-7-12-8-24-27(15(12)26-16)9-10-1-3-11(4-2-10)14-22-6-5-13(25-14)17(19,20)21/h1-8H,9H2. The van der Waals surface area contributed by atoms with Crippen LogP contribution in [0.3, 0.4) is 0 Å². The van der Waals surface area contributed by atoms with Crippen molar-refractivity contribution in [3.63, 3.8) is 0 Å². The highest BCUT2D eigenvalue weighted by Gasteiger charge is 2.32. The SMILES string of the molecule is FC(F)(F)c1ccnc(-c2ccc(Cn3ncc4cnc(Cl)nc43)cc2)n1. The largest absolute Gasteiger partial charge is 0.433 e. The van der Waals surface area contributed by atoms with Gasteiger partial charge >= 0.3 is 6.18 Å². The van der Waals surface area contributed by atoms with E-state index in [4.69, 9.17) is 11.6 Å². The van der Waals surface area contributed by atoms with Gasteiger partial charge in [-0.15, -0.1) is 0 Å². The predicted octanol–water partition coefficient (Wildman–Crippen LogP) is 4.00. The van der Waals surface area contributed by atoms with Gasteiger partial charge in [0.25, 0.3) is 0 Å². The zero-order valence-corrected chi connectivity index (χ0v) is 14.3. The van der Waals surface area contributed by atoms with Crippen molar-refractivity contribution in [2.45, 2.75) is 12.7 Å². The predicted molar refractivity (Wildman–Crippen MR) is 91.9 cm³/mol. The number of fused-ring (bicyclic) bond motifs is 1. The molecule has 4 rings (SSSR count). The van der Waals surface area contributed by atoms with E-state index < -0.39 is 11.9 Å². The van der Waals surface area contributed by atoms with Gasteiger partial charge in [0.1, 0.15) is 5.69 Å². The summed E-state index contributed by atoms with van der Waals surface area (Å²) in [5.74, 6) is 0.0143. The second kappa shape index (κ2) is 6.58. The summed E-state index contributed by atoms with van der Waals surface area (Å²) in [4.78, 5) is 15.6. The fraction of sp³-hybridized carbons (Fsp3) is 0.118. The highest BCUT2D eigenvalue weighted by atomic mass is 35.5. The molecule has 0 N–H and O–H groups in total. The molecular weight excluding hydrogens is 381 g/mol. The van der Waals surface area contributed by atoms with E-state index in [1.807, 2.05) is 0 Å². The van der Waals surface area contributed by atoms with Gasteiger partial charge in [0.15, 0.2) is 11.5 Å². The number of alkyl halides is 3. The molecule has 0 aliphatic rings. The van der Waals surface area contributed by atoms with E-state index in [0.29, 0.717) is 17.8 Å². The monoisotopic (exact) mass is 390 g/mol. The Morgan fingerprint density at radius 1 is 0.963 bits per heavy atom. The Labute approximate surface area is 155 Å². The quantitative estimate of drug-likeness (QED) is 0.494. The molecule has 0 unspecified atom stereocenters. The van der Waals surface area contributed by atoms with Crippen LogP contribution in [0.2, 0.25) is 5.28 Å². The summed E-state index contributed by atoms with van der Waals surface area (Å²) in [5.41, 5.74) is 0.988. The highest BCUT2D eigenvalue weighted by molar-refractivity contribution is 6.28. The summed E-state index contributed by atoms with van der Waals surface area (Å²) in [6, 6.07) is 7.72. The van der Waals surface area contributed by atoms with Crippen LogP contribution in [-0.4, -0.2) is 29.7 Å². The minimum atomic E-state index is -4.51. The van der Waals surface area contributed by atoms with E-state index >= 15 is 0 Å². The molecule has 0 amide bonds. The fourth-order valence-corrected chi connectivity index (χ4v) is 2.68. The molecule has 136 valence electrons. The van der Waals surface area contributed by atoms with Crippen molar-refractivity contribution >= 4 is 22.6 Å². The molecule has 1 aromatic carbocycles. The highest BCUT2D eigenvalue weighted by Crippen LogP contribution is 2.28. The fourth-order valence-electron chi connectivity index (χ4n) is 2.55. The van der Waals surface area contributed by atoms with Crippen molar-refractivity contribution < 1.29 is 13.2 Å². The molecule has 3 heterocycles. The van der Waals surface area contributed by atoms with E-state index in [1.54, 1.807) is 41.3 Å². The van der Waals surface area contributed by atoms with E-state index in [2.05, 4.69) is 25.0 Å². The Hall–Kier alpha value is -3.07. The number of rotatable bonds is 3. The van der Waals surface area contributed by atoms with Crippen LogP contribution in [0.4, 0.5) is 13.2 Å². The Balaban J connectivity index is 1.60. The van der Waals surface area contributed by atoms with Gasteiger partial charge < -0.3 is 0 Å². The number of hydrogen-bond acceptors (Lipinski definition) is 5. The van der Waals surface area contributed by atoms with Gasteiger partial charge in [0.2, 0.25) is 5.28 Å². The minimum absolute atomic E-state index is 0.0143. The van der Waals surface area contributed by atoms with Gasteiger partial charge in [-0.1, -0.05) is 24.3 Å². The lowest BCUT2D eigenvalue weighted by atomic mass is 10.1. The van der Waals surface area contributed by atoms with E-state index in [-0.39, 0.29) is 11.1 Å². The third-order valence-electron chi connectivity index (χ3n) is 3.84. The smallest absolute Gasteiger partial charge is 0.243 e. The lowest BCUT2D eigenvalue weighted by molar-refractivity contribution is -0.141. The Morgan fingerprint density at radius 2 is 1.74 bits per heavy atom. The van der Waals surface area contributed by atoms with Crippen molar-refractivity contribution in [2.75, 3.05) is 0 Å². The molecule has 0 spiro atoms. The number of aromatic nitrogens is 6. The number of benzene rings is 1. The third-order valence-corrected chi connectivity index (χ3v) is 4.02. The van der Waals surface area contributed by atoms with Crippen LogP contribution in [-0.2, 0) is 12.7 Å². The summed E-state index contributed by atoms with van der Waals surface area (Å²) in [6.45, 7) is 0.417. The van der Waals surface area contributed by atoms with Gasteiger partial charge in [-0.2, -0.15) is 23.3 Å². The number of nitrogens with zero attached hydrogens (tertiary/aromatic N) is 6. The molecule has 0 bridgehead atoms. The first kappa shape index (κ1) is 17.3. The first-order valence-electron chi connectivity index (χ1n) is 7.74. The number of hydrogen-bond donors (Lipinski definition) is 0. The van der Waals surface area contributed by atoms with Crippen molar-refractivity contribution in [1.29, 1.82) is 0 Å². The molecular formula is C17H10ClF3N6. The molecule has 6 nitrogen and oxygen atoms in total. The van der Waals surface area contributed by atoms with E-state index in [1.165, 1.54) is 0 Å². The molecule has 27 heavy (non-hydrogen) atoms. The average Bonchev–Trinajstić information content (AvgIpc) is 3.04. The van der Waals surface area contributed by atoms with Gasteiger partial charge in [0, 0.05) is 18.0 Å². The maximum absolute atomic E-state index is 12.8. The van der Waals surface area contributed by atoms with Crippen molar-refractivity contribution in [1.82, 2.24) is 29.7 Å². The second-order valence-electron chi connectivity index (χ2n) is 5.68. The van der Waals surface area contributed by atoms with Crippen molar-refractivity contribution in [3.8, 4) is 11.4 Å². The Kier molecular flexibility index (Phi) is 4.23. The molecule has 0 saturated heterocycles. The molecule has 10 heteroatoms. The molecule has 3 aromatic heterocycles. The Bertz CT molecular complexity index is 1110. The van der Waals surface area contributed by atoms with E-state index in [0.717, 1.165) is 23.2 Å². The maximum atomic E-state index is 12.8. The second-order valence-corrected chi connectivity index (χ2v) is 6.02. The van der Waals surface area contributed by atoms with Crippen LogP contribution in [0.5, 0.6) is 0 Å². The van der Waals surface area contributed by atoms with Gasteiger partial charge in [0.05, 0.1) is 18.1 Å². The van der Waals surface area contributed by atoms with Gasteiger partial charge in [-0.3, -0.25) is 0 Å². The molecule has 4 aromatic rings. The normalized spacial score (nSPS) is 11.9. The molecule has 0 atom stereocenters. The van der Waals surface area contributed by atoms with Crippen LogP contribution in [0.25, 0.3) is 22.4 Å². The summed E-state index contributed by atoms with van der Waals surface area (Å²) < 4.78 is 40.1. The van der Waals surface area contributed by atoms with Crippen LogP contribution in [0.1, 0.15) is 11.3 Å². The number of halogens is 4. The molecule has 0 saturated carbocycles. The summed E-state index contributed by atoms with van der Waals surface area (Å²) >= 11 is 5.83. The molecule has 0 aliphatic heterocycles. The average molecular weight is 391 g/mol. The Morgan fingerprint density at radius 3 is 2.48 bits per heavy atom. The summed E-state index contributed by atoms with van der Waals surface area (Å²) in [6.07, 6.45) is -0.195. The zero-order chi connectivity index (χ0) is 19.0. The van der Waals surface area contributed by atoms with E-state index in [9.17, 15) is 13.2 Å². The van der Waals surface area contributed by atoms with Crippen molar-refractivity contribution in [3.05, 3.63) is 65.5 Å². The zero-order valence-electron chi connectivity index (χ0n) is 13.5. The molecule has 0 fully saturated rings. The first-order chi connectivity index (χ1) is 12.9. The lowest BCUT2D eigenvalue weighted by Gasteiger charge is -2.08. The first-order valence-corrected chi connectivity index (χ1v) is 8.11. The van der Waals surface area contributed by atoms with Gasteiger partial charge in [-0.05, 0) is 23.2 Å². The summed E-state index contributed by atoms with van der Waals surface area (Å²) in [5, 5.41) is 5.14. The lowest BCUT2D eigenvalue weighted by Crippen LogP contribution is -2.09. The topological polar surface area (TPSA) is 69.4 Å². The van der Waals surface area contributed by atoms with Crippen LogP contribution >= 0.6 is 11.6 Å². The molecule has 0 radical (unpaired) electrons. The third kappa shape index (κ3) is 3.59. The van der Waals surface area contributed by atoms with Crippen molar-refractivity contribution in [2.24, 2.45) is 0 Å². The maximum Gasteiger partial charge on any atom is 0.433 e.